The molecule has 0 radical (unpaired) electrons. The summed E-state index contributed by atoms with van der Waals surface area (Å²) in [6, 6.07) is 5.21. The molecule has 3 aromatic rings. The standard InChI is InChI=1S/C19H18F3N3O3S/c1-9(2)25-16-15(17(26)24-18(25)29)12(19(20,21)22)8-13(23-16)11-7-10(27-3)5-6-14(11)28-4/h5-9H,1-4H3,(H,24,26,29). The molecule has 2 aromatic heterocycles. The van der Waals surface area contributed by atoms with Crippen molar-refractivity contribution in [2.75, 3.05) is 14.2 Å². The lowest BCUT2D eigenvalue weighted by molar-refractivity contribution is -0.136. The number of aromatic amines is 1. The number of nitrogens with zero attached hydrogens (tertiary/aromatic N) is 2. The number of aromatic nitrogens is 3. The van der Waals surface area contributed by atoms with Gasteiger partial charge in [0.15, 0.2) is 4.77 Å². The van der Waals surface area contributed by atoms with Crippen molar-refractivity contribution >= 4 is 23.3 Å². The van der Waals surface area contributed by atoms with Crippen LogP contribution < -0.4 is 15.0 Å². The molecule has 10 heteroatoms. The molecule has 0 saturated heterocycles. The quantitative estimate of drug-likeness (QED) is 0.612. The zero-order valence-electron chi connectivity index (χ0n) is 16.0. The van der Waals surface area contributed by atoms with Crippen molar-refractivity contribution in [1.82, 2.24) is 14.5 Å². The highest BCUT2D eigenvalue weighted by Gasteiger charge is 2.36. The van der Waals surface area contributed by atoms with E-state index in [-0.39, 0.29) is 22.2 Å². The van der Waals surface area contributed by atoms with Crippen molar-refractivity contribution in [3.05, 3.63) is 45.0 Å². The fraction of sp³-hybridized carbons (Fsp3) is 0.316. The summed E-state index contributed by atoms with van der Waals surface area (Å²) in [5.41, 5.74) is -1.92. The van der Waals surface area contributed by atoms with E-state index < -0.39 is 22.7 Å². The van der Waals surface area contributed by atoms with Crippen LogP contribution in [0.4, 0.5) is 13.2 Å². The molecule has 0 unspecified atom stereocenters. The van der Waals surface area contributed by atoms with Crippen LogP contribution in [0.25, 0.3) is 22.3 Å². The number of hydrogen-bond donors (Lipinski definition) is 1. The lowest BCUT2D eigenvalue weighted by atomic mass is 10.0. The first-order valence-corrected chi connectivity index (χ1v) is 8.98. The molecule has 0 fully saturated rings. The molecule has 0 aliphatic rings. The summed E-state index contributed by atoms with van der Waals surface area (Å²) in [6.07, 6.45) is -4.78. The van der Waals surface area contributed by atoms with Gasteiger partial charge in [-0.25, -0.2) is 4.98 Å². The molecular weight excluding hydrogens is 407 g/mol. The molecule has 0 bridgehead atoms. The SMILES string of the molecule is COc1ccc(OC)c(-c2cc(C(F)(F)F)c3c(=O)[nH]c(=S)n(C(C)C)c3n2)c1. The van der Waals surface area contributed by atoms with Gasteiger partial charge in [-0.15, -0.1) is 0 Å². The molecule has 3 rings (SSSR count). The van der Waals surface area contributed by atoms with E-state index in [1.54, 1.807) is 26.0 Å². The maximum absolute atomic E-state index is 13.9. The van der Waals surface area contributed by atoms with Crippen LogP contribution in [0.15, 0.2) is 29.1 Å². The first kappa shape index (κ1) is 20.8. The number of pyridine rings is 1. The highest BCUT2D eigenvalue weighted by Crippen LogP contribution is 2.39. The van der Waals surface area contributed by atoms with Gasteiger partial charge in [-0.05, 0) is 50.3 Å². The number of hydrogen-bond acceptors (Lipinski definition) is 5. The summed E-state index contributed by atoms with van der Waals surface area (Å²) in [5, 5.41) is -0.564. The molecule has 0 amide bonds. The van der Waals surface area contributed by atoms with Crippen molar-refractivity contribution in [3.63, 3.8) is 0 Å². The third-order valence-electron chi connectivity index (χ3n) is 4.40. The minimum Gasteiger partial charge on any atom is -0.497 e. The molecule has 1 aromatic carbocycles. The number of halogens is 3. The van der Waals surface area contributed by atoms with Crippen molar-refractivity contribution < 1.29 is 22.6 Å². The topological polar surface area (TPSA) is 69.1 Å². The Balaban J connectivity index is 2.53. The fourth-order valence-electron chi connectivity index (χ4n) is 3.10. The monoisotopic (exact) mass is 425 g/mol. The minimum atomic E-state index is -4.78. The molecule has 0 aliphatic carbocycles. The number of methoxy groups -OCH3 is 2. The Morgan fingerprint density at radius 2 is 1.86 bits per heavy atom. The van der Waals surface area contributed by atoms with Crippen molar-refractivity contribution in [1.29, 1.82) is 0 Å². The lowest BCUT2D eigenvalue weighted by Crippen LogP contribution is -2.21. The van der Waals surface area contributed by atoms with Crippen molar-refractivity contribution in [3.8, 4) is 22.8 Å². The van der Waals surface area contributed by atoms with Gasteiger partial charge in [0.25, 0.3) is 5.56 Å². The Bertz CT molecular complexity index is 1200. The van der Waals surface area contributed by atoms with E-state index in [0.717, 1.165) is 6.07 Å². The van der Waals surface area contributed by atoms with Crippen LogP contribution in [0.3, 0.4) is 0 Å². The van der Waals surface area contributed by atoms with Crippen LogP contribution >= 0.6 is 12.2 Å². The smallest absolute Gasteiger partial charge is 0.417 e. The molecule has 0 atom stereocenters. The second-order valence-electron chi connectivity index (χ2n) is 6.54. The normalized spacial score (nSPS) is 11.9. The molecule has 0 spiro atoms. The van der Waals surface area contributed by atoms with Gasteiger partial charge in [0.2, 0.25) is 0 Å². The predicted molar refractivity (Wildman–Crippen MR) is 105 cm³/mol. The first-order chi connectivity index (χ1) is 13.6. The zero-order valence-corrected chi connectivity index (χ0v) is 16.9. The highest BCUT2D eigenvalue weighted by atomic mass is 32.1. The summed E-state index contributed by atoms with van der Waals surface area (Å²) >= 11 is 5.17. The number of rotatable bonds is 4. The number of nitrogens with one attached hydrogen (secondary N) is 1. The van der Waals surface area contributed by atoms with Gasteiger partial charge < -0.3 is 9.47 Å². The summed E-state index contributed by atoms with van der Waals surface area (Å²) in [7, 11) is 2.84. The number of H-pyrrole nitrogens is 1. The van der Waals surface area contributed by atoms with Gasteiger partial charge in [0.1, 0.15) is 17.1 Å². The average Bonchev–Trinajstić information content (AvgIpc) is 2.65. The Labute approximate surface area is 168 Å². The number of fused-ring (bicyclic) bond motifs is 1. The molecular formula is C19H18F3N3O3S. The minimum absolute atomic E-state index is 0.00659. The van der Waals surface area contributed by atoms with Crippen LogP contribution in [-0.4, -0.2) is 28.8 Å². The second kappa shape index (κ2) is 7.51. The second-order valence-corrected chi connectivity index (χ2v) is 6.93. The van der Waals surface area contributed by atoms with Crippen LogP contribution in [-0.2, 0) is 6.18 Å². The zero-order chi connectivity index (χ0) is 21.5. The third-order valence-corrected chi connectivity index (χ3v) is 4.70. The molecule has 0 saturated carbocycles. The van der Waals surface area contributed by atoms with Gasteiger partial charge in [0, 0.05) is 11.6 Å². The van der Waals surface area contributed by atoms with Gasteiger partial charge in [-0.2, -0.15) is 13.2 Å². The molecule has 154 valence electrons. The van der Waals surface area contributed by atoms with Crippen LogP contribution in [0.1, 0.15) is 25.5 Å². The van der Waals surface area contributed by atoms with Crippen LogP contribution in [0, 0.1) is 4.77 Å². The van der Waals surface area contributed by atoms with Crippen molar-refractivity contribution in [2.24, 2.45) is 0 Å². The predicted octanol–water partition coefficient (Wildman–Crippen LogP) is 4.74. The van der Waals surface area contributed by atoms with E-state index >= 15 is 0 Å². The Morgan fingerprint density at radius 1 is 1.17 bits per heavy atom. The summed E-state index contributed by atoms with van der Waals surface area (Å²) < 4.78 is 53.5. The van der Waals surface area contributed by atoms with E-state index in [0.29, 0.717) is 17.1 Å². The summed E-state index contributed by atoms with van der Waals surface area (Å²) in [6.45, 7) is 3.47. The molecule has 29 heavy (non-hydrogen) atoms. The van der Waals surface area contributed by atoms with Gasteiger partial charge >= 0.3 is 6.18 Å². The molecule has 1 N–H and O–H groups in total. The largest absolute Gasteiger partial charge is 0.497 e. The van der Waals surface area contributed by atoms with E-state index in [9.17, 15) is 18.0 Å². The van der Waals surface area contributed by atoms with Crippen LogP contribution in [0.2, 0.25) is 0 Å². The number of ether oxygens (including phenoxy) is 2. The van der Waals surface area contributed by atoms with Crippen molar-refractivity contribution in [2.45, 2.75) is 26.1 Å². The summed E-state index contributed by atoms with van der Waals surface area (Å²) in [4.78, 5) is 19.1. The lowest BCUT2D eigenvalue weighted by Gasteiger charge is -2.18. The van der Waals surface area contributed by atoms with E-state index in [1.807, 2.05) is 0 Å². The fourth-order valence-corrected chi connectivity index (χ4v) is 3.49. The Kier molecular flexibility index (Phi) is 5.40. The molecule has 2 heterocycles. The summed E-state index contributed by atoms with van der Waals surface area (Å²) in [5.74, 6) is 0.730. The van der Waals surface area contributed by atoms with Crippen LogP contribution in [0.5, 0.6) is 11.5 Å². The third kappa shape index (κ3) is 3.71. The first-order valence-electron chi connectivity index (χ1n) is 8.57. The van der Waals surface area contributed by atoms with Gasteiger partial charge in [-0.3, -0.25) is 14.3 Å². The van der Waals surface area contributed by atoms with E-state index in [1.165, 1.54) is 24.9 Å². The molecule has 0 aliphatic heterocycles. The van der Waals surface area contributed by atoms with E-state index in [4.69, 9.17) is 21.7 Å². The molecule has 6 nitrogen and oxygen atoms in total. The average molecular weight is 425 g/mol. The number of benzene rings is 1. The maximum atomic E-state index is 13.9. The van der Waals surface area contributed by atoms with E-state index in [2.05, 4.69) is 9.97 Å². The van der Waals surface area contributed by atoms with Gasteiger partial charge in [-0.1, -0.05) is 0 Å². The number of alkyl halides is 3. The highest BCUT2D eigenvalue weighted by molar-refractivity contribution is 7.71. The Morgan fingerprint density at radius 3 is 2.41 bits per heavy atom. The Hall–Kier alpha value is -2.88. The van der Waals surface area contributed by atoms with Gasteiger partial charge in [0.05, 0.1) is 30.9 Å². The maximum Gasteiger partial charge on any atom is 0.417 e.